The van der Waals surface area contributed by atoms with Crippen LogP contribution in [0.5, 0.6) is 0 Å². The number of carbonyl (C=O) groups excluding carboxylic acids is 1. The number of hydrogen-bond donors (Lipinski definition) is 0. The molecule has 19 heavy (non-hydrogen) atoms. The molecule has 4 nitrogen and oxygen atoms in total. The van der Waals surface area contributed by atoms with E-state index in [4.69, 9.17) is 9.47 Å². The Morgan fingerprint density at radius 1 is 1.42 bits per heavy atom. The number of hydrogen-bond acceptors (Lipinski definition) is 3. The van der Waals surface area contributed by atoms with Crippen LogP contribution < -0.4 is 0 Å². The summed E-state index contributed by atoms with van der Waals surface area (Å²) in [6, 6.07) is 0.226. The van der Waals surface area contributed by atoms with Gasteiger partial charge in [0, 0.05) is 13.1 Å². The van der Waals surface area contributed by atoms with E-state index >= 15 is 0 Å². The highest BCUT2D eigenvalue weighted by molar-refractivity contribution is 5.68. The zero-order chi connectivity index (χ0) is 14.5. The molecule has 0 spiro atoms. The van der Waals surface area contributed by atoms with Crippen molar-refractivity contribution in [1.29, 1.82) is 0 Å². The number of rotatable bonds is 5. The average Bonchev–Trinajstić information content (AvgIpc) is 2.75. The van der Waals surface area contributed by atoms with Gasteiger partial charge in [-0.15, -0.1) is 6.58 Å². The van der Waals surface area contributed by atoms with Gasteiger partial charge in [0.25, 0.3) is 0 Å². The molecule has 0 aromatic carbocycles. The molecule has 110 valence electrons. The van der Waals surface area contributed by atoms with Crippen molar-refractivity contribution in [2.45, 2.75) is 64.2 Å². The van der Waals surface area contributed by atoms with Crippen LogP contribution in [-0.4, -0.2) is 42.4 Å². The van der Waals surface area contributed by atoms with Gasteiger partial charge in [-0.3, -0.25) is 0 Å². The first-order valence-corrected chi connectivity index (χ1v) is 7.02. The summed E-state index contributed by atoms with van der Waals surface area (Å²) >= 11 is 0. The first-order chi connectivity index (χ1) is 8.83. The second-order valence-corrected chi connectivity index (χ2v) is 6.13. The van der Waals surface area contributed by atoms with Crippen molar-refractivity contribution in [3.63, 3.8) is 0 Å². The topological polar surface area (TPSA) is 38.8 Å². The quantitative estimate of drug-likeness (QED) is 0.567. The molecule has 0 unspecified atom stereocenters. The molecule has 0 heterocycles. The fraction of sp³-hybridized carbons (Fsp3) is 0.800. The predicted octanol–water partition coefficient (Wildman–Crippen LogP) is 3.37. The van der Waals surface area contributed by atoms with Gasteiger partial charge in [-0.25, -0.2) is 4.79 Å². The molecule has 0 bridgehead atoms. The van der Waals surface area contributed by atoms with Gasteiger partial charge in [-0.2, -0.15) is 0 Å². The molecular weight excluding hydrogens is 242 g/mol. The van der Waals surface area contributed by atoms with Crippen LogP contribution in [0.3, 0.4) is 0 Å². The van der Waals surface area contributed by atoms with Crippen LogP contribution in [-0.2, 0) is 9.47 Å². The standard InChI is InChI=1S/C15H27NO3/c1-6-7-10-18-13-9-8-12(11-13)16(5)14(17)19-15(2,3)4/h6,12-13H,1,7-11H2,2-5H3/t12-,13-/m0/s1. The van der Waals surface area contributed by atoms with E-state index in [1.54, 1.807) is 4.90 Å². The number of amides is 1. The lowest BCUT2D eigenvalue weighted by atomic mass is 10.2. The van der Waals surface area contributed by atoms with E-state index in [0.717, 1.165) is 32.3 Å². The number of carbonyl (C=O) groups is 1. The molecule has 0 saturated heterocycles. The van der Waals surface area contributed by atoms with Crippen LogP contribution in [0.1, 0.15) is 46.5 Å². The maximum atomic E-state index is 12.0. The van der Waals surface area contributed by atoms with E-state index in [-0.39, 0.29) is 18.2 Å². The van der Waals surface area contributed by atoms with E-state index in [1.807, 2.05) is 33.9 Å². The van der Waals surface area contributed by atoms with Gasteiger partial charge in [0.05, 0.1) is 12.7 Å². The highest BCUT2D eigenvalue weighted by atomic mass is 16.6. The van der Waals surface area contributed by atoms with Crippen molar-refractivity contribution >= 4 is 6.09 Å². The Balaban J connectivity index is 2.36. The molecule has 0 aromatic rings. The Morgan fingerprint density at radius 3 is 2.68 bits per heavy atom. The van der Waals surface area contributed by atoms with Gasteiger partial charge in [0.1, 0.15) is 5.60 Å². The molecule has 4 heteroatoms. The van der Waals surface area contributed by atoms with Crippen LogP contribution in [0.4, 0.5) is 4.79 Å². The molecular formula is C15H27NO3. The molecule has 0 aromatic heterocycles. The Kier molecular flexibility index (Phi) is 5.85. The third-order valence-electron chi connectivity index (χ3n) is 3.26. The normalized spacial score (nSPS) is 23.2. The maximum absolute atomic E-state index is 12.0. The van der Waals surface area contributed by atoms with Crippen molar-refractivity contribution in [3.8, 4) is 0 Å². The van der Waals surface area contributed by atoms with E-state index in [0.29, 0.717) is 0 Å². The second kappa shape index (κ2) is 6.94. The van der Waals surface area contributed by atoms with Crippen molar-refractivity contribution in [3.05, 3.63) is 12.7 Å². The van der Waals surface area contributed by atoms with Crippen molar-refractivity contribution in [2.75, 3.05) is 13.7 Å². The van der Waals surface area contributed by atoms with E-state index in [1.165, 1.54) is 0 Å². The molecule has 1 saturated carbocycles. The summed E-state index contributed by atoms with van der Waals surface area (Å²) in [4.78, 5) is 13.7. The van der Waals surface area contributed by atoms with Crippen LogP contribution in [0, 0.1) is 0 Å². The lowest BCUT2D eigenvalue weighted by Gasteiger charge is -2.28. The first kappa shape index (κ1) is 16.0. The number of nitrogens with zero attached hydrogens (tertiary/aromatic N) is 1. The monoisotopic (exact) mass is 269 g/mol. The largest absolute Gasteiger partial charge is 0.444 e. The average molecular weight is 269 g/mol. The third-order valence-corrected chi connectivity index (χ3v) is 3.26. The summed E-state index contributed by atoms with van der Waals surface area (Å²) in [5.74, 6) is 0. The molecule has 1 rings (SSSR count). The highest BCUT2D eigenvalue weighted by Crippen LogP contribution is 2.27. The summed E-state index contributed by atoms with van der Waals surface area (Å²) in [7, 11) is 1.81. The minimum absolute atomic E-state index is 0.226. The molecule has 0 N–H and O–H groups in total. The van der Waals surface area contributed by atoms with Gasteiger partial charge in [-0.05, 0) is 46.5 Å². The molecule has 1 fully saturated rings. The van der Waals surface area contributed by atoms with Crippen LogP contribution in [0.15, 0.2) is 12.7 Å². The Morgan fingerprint density at radius 2 is 2.11 bits per heavy atom. The van der Waals surface area contributed by atoms with Gasteiger partial charge < -0.3 is 14.4 Å². The summed E-state index contributed by atoms with van der Waals surface area (Å²) in [6.07, 6.45) is 5.64. The number of ether oxygens (including phenoxy) is 2. The fourth-order valence-electron chi connectivity index (χ4n) is 2.22. The van der Waals surface area contributed by atoms with E-state index < -0.39 is 5.60 Å². The Labute approximate surface area is 116 Å². The third kappa shape index (κ3) is 5.64. The Hall–Kier alpha value is -1.03. The molecule has 0 aliphatic heterocycles. The molecule has 2 atom stereocenters. The summed E-state index contributed by atoms with van der Waals surface area (Å²) in [5.41, 5.74) is -0.441. The van der Waals surface area contributed by atoms with Crippen molar-refractivity contribution < 1.29 is 14.3 Å². The van der Waals surface area contributed by atoms with Crippen molar-refractivity contribution in [1.82, 2.24) is 4.90 Å². The lowest BCUT2D eigenvalue weighted by molar-refractivity contribution is 0.0189. The van der Waals surface area contributed by atoms with Crippen LogP contribution in [0.2, 0.25) is 0 Å². The minimum Gasteiger partial charge on any atom is -0.444 e. The zero-order valence-corrected chi connectivity index (χ0v) is 12.6. The highest BCUT2D eigenvalue weighted by Gasteiger charge is 2.32. The van der Waals surface area contributed by atoms with Crippen molar-refractivity contribution in [2.24, 2.45) is 0 Å². The van der Waals surface area contributed by atoms with Crippen LogP contribution >= 0.6 is 0 Å². The predicted molar refractivity (Wildman–Crippen MR) is 76.2 cm³/mol. The SMILES string of the molecule is C=CCCO[C@H]1CC[C@H](N(C)C(=O)OC(C)(C)C)C1. The summed E-state index contributed by atoms with van der Waals surface area (Å²) in [6.45, 7) is 10.0. The maximum Gasteiger partial charge on any atom is 0.410 e. The van der Waals surface area contributed by atoms with E-state index in [9.17, 15) is 4.79 Å². The van der Waals surface area contributed by atoms with E-state index in [2.05, 4.69) is 6.58 Å². The Bertz CT molecular complexity index is 309. The second-order valence-electron chi connectivity index (χ2n) is 6.13. The smallest absolute Gasteiger partial charge is 0.410 e. The molecule has 1 aliphatic carbocycles. The first-order valence-electron chi connectivity index (χ1n) is 7.02. The fourth-order valence-corrected chi connectivity index (χ4v) is 2.22. The van der Waals surface area contributed by atoms with Gasteiger partial charge in [0.15, 0.2) is 0 Å². The zero-order valence-electron chi connectivity index (χ0n) is 12.6. The summed E-state index contributed by atoms with van der Waals surface area (Å²) < 4.78 is 11.1. The van der Waals surface area contributed by atoms with Gasteiger partial charge >= 0.3 is 6.09 Å². The lowest BCUT2D eigenvalue weighted by Crippen LogP contribution is -2.39. The molecule has 1 aliphatic rings. The minimum atomic E-state index is -0.441. The van der Waals surface area contributed by atoms with Gasteiger partial charge in [-0.1, -0.05) is 6.08 Å². The molecule has 0 radical (unpaired) electrons. The van der Waals surface area contributed by atoms with Crippen LogP contribution in [0.25, 0.3) is 0 Å². The summed E-state index contributed by atoms with van der Waals surface area (Å²) in [5, 5.41) is 0. The van der Waals surface area contributed by atoms with Gasteiger partial charge in [0.2, 0.25) is 0 Å². The molecule has 1 amide bonds.